The van der Waals surface area contributed by atoms with Crippen LogP contribution in [0.15, 0.2) is 36.5 Å². The summed E-state index contributed by atoms with van der Waals surface area (Å²) in [6, 6.07) is 10.8. The van der Waals surface area contributed by atoms with Crippen LogP contribution in [0.4, 0.5) is 0 Å². The van der Waals surface area contributed by atoms with Crippen LogP contribution < -0.4 is 4.74 Å². The summed E-state index contributed by atoms with van der Waals surface area (Å²) in [7, 11) is 1.58. The van der Waals surface area contributed by atoms with Crippen molar-refractivity contribution in [3.05, 3.63) is 47.1 Å². The van der Waals surface area contributed by atoms with Crippen LogP contribution in [0.2, 0.25) is 5.02 Å². The highest BCUT2D eigenvalue weighted by atomic mass is 35.5. The lowest BCUT2D eigenvalue weighted by Gasteiger charge is -2.07. The molecule has 2 heterocycles. The minimum absolute atomic E-state index is 0.527. The number of aromatic nitrogens is 3. The van der Waals surface area contributed by atoms with Gasteiger partial charge < -0.3 is 4.74 Å². The first-order valence-electron chi connectivity index (χ1n) is 5.81. The van der Waals surface area contributed by atoms with E-state index >= 15 is 0 Å². The number of methoxy groups -OCH3 is 1. The Bertz CT molecular complexity index is 835. The molecule has 0 N–H and O–H groups in total. The van der Waals surface area contributed by atoms with Gasteiger partial charge >= 0.3 is 0 Å². The first kappa shape index (κ1) is 12.5. The molecule has 0 saturated heterocycles. The zero-order chi connectivity index (χ0) is 14.1. The van der Waals surface area contributed by atoms with Gasteiger partial charge in [0.15, 0.2) is 11.5 Å². The zero-order valence-electron chi connectivity index (χ0n) is 10.5. The van der Waals surface area contributed by atoms with Gasteiger partial charge in [-0.25, -0.2) is 0 Å². The van der Waals surface area contributed by atoms with Crippen LogP contribution in [-0.4, -0.2) is 21.7 Å². The van der Waals surface area contributed by atoms with E-state index in [-0.39, 0.29) is 0 Å². The summed E-state index contributed by atoms with van der Waals surface area (Å²) in [4.78, 5) is 0. The second-order valence-electron chi connectivity index (χ2n) is 4.13. The van der Waals surface area contributed by atoms with E-state index in [1.54, 1.807) is 48.0 Å². The third kappa shape index (κ3) is 1.96. The second-order valence-corrected chi connectivity index (χ2v) is 4.56. The topological polar surface area (TPSA) is 63.2 Å². The van der Waals surface area contributed by atoms with E-state index in [0.29, 0.717) is 27.8 Å². The Morgan fingerprint density at radius 1 is 1.25 bits per heavy atom. The fraction of sp³-hybridized carbons (Fsp3) is 0.0714. The van der Waals surface area contributed by atoms with Gasteiger partial charge in [-0.3, -0.25) is 4.40 Å². The molecule has 6 heteroatoms. The van der Waals surface area contributed by atoms with Gasteiger partial charge in [0, 0.05) is 11.2 Å². The largest absolute Gasteiger partial charge is 0.496 e. The van der Waals surface area contributed by atoms with Crippen molar-refractivity contribution in [2.24, 2.45) is 0 Å². The van der Waals surface area contributed by atoms with Gasteiger partial charge in [0.2, 0.25) is 0 Å². The fourth-order valence-corrected chi connectivity index (χ4v) is 2.17. The molecule has 3 aromatic rings. The highest BCUT2D eigenvalue weighted by molar-refractivity contribution is 6.30. The van der Waals surface area contributed by atoms with Gasteiger partial charge in [-0.05, 0) is 30.3 Å². The lowest BCUT2D eigenvalue weighted by molar-refractivity contribution is 0.416. The highest BCUT2D eigenvalue weighted by Crippen LogP contribution is 2.31. The normalized spacial score (nSPS) is 10.4. The van der Waals surface area contributed by atoms with Gasteiger partial charge in [0.05, 0.1) is 18.2 Å². The van der Waals surface area contributed by atoms with Gasteiger partial charge in [0.1, 0.15) is 11.8 Å². The third-order valence-electron chi connectivity index (χ3n) is 2.93. The van der Waals surface area contributed by atoms with Crippen molar-refractivity contribution >= 4 is 17.2 Å². The summed E-state index contributed by atoms with van der Waals surface area (Å²) in [5.41, 5.74) is 1.91. The molecule has 0 spiro atoms. The number of hydrogen-bond acceptors (Lipinski definition) is 4. The fourth-order valence-electron chi connectivity index (χ4n) is 2.00. The molecule has 0 aliphatic rings. The van der Waals surface area contributed by atoms with Crippen molar-refractivity contribution < 1.29 is 4.74 Å². The molecule has 0 radical (unpaired) electrons. The number of hydrogen-bond donors (Lipinski definition) is 0. The Hall–Kier alpha value is -2.58. The average molecular weight is 285 g/mol. The molecule has 98 valence electrons. The maximum atomic E-state index is 8.99. The van der Waals surface area contributed by atoms with Gasteiger partial charge in [-0.2, -0.15) is 5.26 Å². The molecule has 0 unspecified atom stereocenters. The molecule has 0 aliphatic heterocycles. The quantitative estimate of drug-likeness (QED) is 0.726. The maximum Gasteiger partial charge on any atom is 0.172 e. The molecule has 0 aliphatic carbocycles. The summed E-state index contributed by atoms with van der Waals surface area (Å²) >= 11 is 6.04. The molecule has 3 rings (SSSR count). The molecule has 0 fully saturated rings. The van der Waals surface area contributed by atoms with E-state index in [0.717, 1.165) is 5.56 Å². The van der Waals surface area contributed by atoms with Crippen molar-refractivity contribution in [2.75, 3.05) is 7.11 Å². The smallest absolute Gasteiger partial charge is 0.172 e. The van der Waals surface area contributed by atoms with E-state index in [9.17, 15) is 0 Å². The first-order valence-corrected chi connectivity index (χ1v) is 6.19. The number of ether oxygens (including phenoxy) is 1. The molecule has 5 nitrogen and oxygen atoms in total. The molecule has 1 aromatic carbocycles. The molecule has 2 aromatic heterocycles. The van der Waals surface area contributed by atoms with E-state index in [1.165, 1.54) is 0 Å². The van der Waals surface area contributed by atoms with Crippen LogP contribution in [0, 0.1) is 11.3 Å². The summed E-state index contributed by atoms with van der Waals surface area (Å²) in [5, 5.41) is 17.8. The van der Waals surface area contributed by atoms with Gasteiger partial charge in [0.25, 0.3) is 0 Å². The standard InChI is InChI=1S/C14H9ClN4O/c1-20-12-4-3-10(15)6-11(12)14-18-17-13-5-2-9(7-16)8-19(13)14/h2-6,8H,1H3. The Balaban J connectivity index is 2.29. The number of rotatable bonds is 2. The van der Waals surface area contributed by atoms with Crippen LogP contribution in [0.5, 0.6) is 5.75 Å². The minimum Gasteiger partial charge on any atom is -0.496 e. The highest BCUT2D eigenvalue weighted by Gasteiger charge is 2.14. The summed E-state index contributed by atoms with van der Waals surface area (Å²) in [5.74, 6) is 1.22. The Morgan fingerprint density at radius 2 is 2.10 bits per heavy atom. The lowest BCUT2D eigenvalue weighted by atomic mass is 10.2. The van der Waals surface area contributed by atoms with Crippen LogP contribution in [0.25, 0.3) is 17.0 Å². The Morgan fingerprint density at radius 3 is 2.85 bits per heavy atom. The SMILES string of the molecule is COc1ccc(Cl)cc1-c1nnc2ccc(C#N)cn12. The molecule has 0 saturated carbocycles. The number of benzene rings is 1. The number of pyridine rings is 1. The first-order chi connectivity index (χ1) is 9.72. The maximum absolute atomic E-state index is 8.99. The third-order valence-corrected chi connectivity index (χ3v) is 3.17. The molecule has 0 amide bonds. The number of fused-ring (bicyclic) bond motifs is 1. The molecule has 20 heavy (non-hydrogen) atoms. The molecule has 0 bridgehead atoms. The Labute approximate surface area is 120 Å². The van der Waals surface area contributed by atoms with Gasteiger partial charge in [-0.1, -0.05) is 11.6 Å². The van der Waals surface area contributed by atoms with Crippen molar-refractivity contribution in [3.63, 3.8) is 0 Å². The minimum atomic E-state index is 0.527. The van der Waals surface area contributed by atoms with Crippen LogP contribution in [0.3, 0.4) is 0 Å². The second kappa shape index (κ2) is 4.83. The molecular formula is C14H9ClN4O. The number of nitrogens with zero attached hydrogens (tertiary/aromatic N) is 4. The van der Waals surface area contributed by atoms with E-state index in [1.807, 2.05) is 0 Å². The van der Waals surface area contributed by atoms with E-state index in [2.05, 4.69) is 16.3 Å². The van der Waals surface area contributed by atoms with Crippen molar-refractivity contribution in [3.8, 4) is 23.2 Å². The average Bonchev–Trinajstić information content (AvgIpc) is 2.89. The van der Waals surface area contributed by atoms with Crippen molar-refractivity contribution in [1.29, 1.82) is 5.26 Å². The summed E-state index contributed by atoms with van der Waals surface area (Å²) in [6.45, 7) is 0. The van der Waals surface area contributed by atoms with Crippen LogP contribution in [0.1, 0.15) is 5.56 Å². The van der Waals surface area contributed by atoms with Crippen LogP contribution in [-0.2, 0) is 0 Å². The number of nitriles is 1. The zero-order valence-corrected chi connectivity index (χ0v) is 11.3. The summed E-state index contributed by atoms with van der Waals surface area (Å²) < 4.78 is 7.07. The Kier molecular flexibility index (Phi) is 3.01. The molecular weight excluding hydrogens is 276 g/mol. The lowest BCUT2D eigenvalue weighted by Crippen LogP contribution is -1.94. The van der Waals surface area contributed by atoms with Gasteiger partial charge in [-0.15, -0.1) is 10.2 Å². The number of halogens is 1. The van der Waals surface area contributed by atoms with Crippen molar-refractivity contribution in [2.45, 2.75) is 0 Å². The summed E-state index contributed by atoms with van der Waals surface area (Å²) in [6.07, 6.45) is 1.69. The van der Waals surface area contributed by atoms with Crippen molar-refractivity contribution in [1.82, 2.24) is 14.6 Å². The van der Waals surface area contributed by atoms with E-state index in [4.69, 9.17) is 21.6 Å². The monoisotopic (exact) mass is 284 g/mol. The van der Waals surface area contributed by atoms with E-state index < -0.39 is 0 Å². The molecule has 0 atom stereocenters. The predicted molar refractivity (Wildman–Crippen MR) is 74.7 cm³/mol. The van der Waals surface area contributed by atoms with Crippen LogP contribution >= 0.6 is 11.6 Å². The predicted octanol–water partition coefficient (Wildman–Crippen LogP) is 2.93.